The summed E-state index contributed by atoms with van der Waals surface area (Å²) in [7, 11) is 0. The molecule has 3 N–H and O–H groups in total. The summed E-state index contributed by atoms with van der Waals surface area (Å²) in [6, 6.07) is 3.68. The molecule has 0 bridgehead atoms. The molecular formula is C10H12N4S. The lowest BCUT2D eigenvalue weighted by atomic mass is 10.4. The van der Waals surface area contributed by atoms with E-state index in [0.717, 1.165) is 22.9 Å². The van der Waals surface area contributed by atoms with Gasteiger partial charge in [-0.3, -0.25) is 0 Å². The maximum Gasteiger partial charge on any atom is 0.123 e. The van der Waals surface area contributed by atoms with Crippen molar-refractivity contribution in [2.75, 3.05) is 11.1 Å². The van der Waals surface area contributed by atoms with E-state index in [1.165, 1.54) is 0 Å². The highest BCUT2D eigenvalue weighted by molar-refractivity contribution is 7.09. The van der Waals surface area contributed by atoms with Gasteiger partial charge in [-0.1, -0.05) is 0 Å². The summed E-state index contributed by atoms with van der Waals surface area (Å²) in [5.74, 6) is 0.532. The van der Waals surface area contributed by atoms with E-state index in [1.54, 1.807) is 23.6 Å². The fraction of sp³-hybridized carbons (Fsp3) is 0.200. The van der Waals surface area contributed by atoms with Gasteiger partial charge in [0.15, 0.2) is 0 Å². The highest BCUT2D eigenvalue weighted by Crippen LogP contribution is 2.11. The molecule has 0 aliphatic heterocycles. The Bertz CT molecular complexity index is 435. The summed E-state index contributed by atoms with van der Waals surface area (Å²) in [5, 5.41) is 6.36. The first-order chi connectivity index (χ1) is 7.24. The number of thiazole rings is 1. The van der Waals surface area contributed by atoms with Crippen LogP contribution in [0.3, 0.4) is 0 Å². The normalized spacial score (nSPS) is 10.2. The Morgan fingerprint density at radius 2 is 2.33 bits per heavy atom. The first-order valence-corrected chi connectivity index (χ1v) is 5.48. The first kappa shape index (κ1) is 9.92. The van der Waals surface area contributed by atoms with Gasteiger partial charge in [-0.25, -0.2) is 9.97 Å². The minimum atomic E-state index is 0.532. The lowest BCUT2D eigenvalue weighted by Gasteiger charge is -2.03. The Morgan fingerprint density at radius 1 is 1.47 bits per heavy atom. The molecule has 0 spiro atoms. The van der Waals surface area contributed by atoms with Crippen LogP contribution in [0.25, 0.3) is 0 Å². The van der Waals surface area contributed by atoms with Crippen LogP contribution in [0.4, 0.5) is 11.5 Å². The number of nitrogen functional groups attached to an aromatic ring is 1. The molecule has 0 unspecified atom stereocenters. The van der Waals surface area contributed by atoms with Crippen LogP contribution in [0.15, 0.2) is 23.7 Å². The van der Waals surface area contributed by atoms with Crippen LogP contribution in [-0.2, 0) is 6.54 Å². The second-order valence-electron chi connectivity index (χ2n) is 3.18. The van der Waals surface area contributed by atoms with E-state index in [-0.39, 0.29) is 0 Å². The van der Waals surface area contributed by atoms with E-state index in [9.17, 15) is 0 Å². The highest BCUT2D eigenvalue weighted by Gasteiger charge is 1.98. The molecule has 2 aromatic rings. The molecular weight excluding hydrogens is 208 g/mol. The van der Waals surface area contributed by atoms with Gasteiger partial charge in [0, 0.05) is 5.38 Å². The molecule has 78 valence electrons. The Morgan fingerprint density at radius 3 is 2.93 bits per heavy atom. The third kappa shape index (κ3) is 2.66. The van der Waals surface area contributed by atoms with Gasteiger partial charge in [0.25, 0.3) is 0 Å². The van der Waals surface area contributed by atoms with Crippen LogP contribution >= 0.6 is 11.3 Å². The van der Waals surface area contributed by atoms with Crippen LogP contribution in [0, 0.1) is 6.92 Å². The molecule has 4 nitrogen and oxygen atoms in total. The standard InChI is InChI=1S/C10H12N4S/c1-7-14-9(6-15-7)5-12-8-2-3-10(11)13-4-8/h2-4,6,12H,5H2,1H3,(H2,11,13). The highest BCUT2D eigenvalue weighted by atomic mass is 32.1. The molecule has 2 heterocycles. The second kappa shape index (κ2) is 4.27. The summed E-state index contributed by atoms with van der Waals surface area (Å²) in [4.78, 5) is 8.35. The van der Waals surface area contributed by atoms with Gasteiger partial charge in [0.05, 0.1) is 29.1 Å². The number of aryl methyl sites for hydroxylation is 1. The third-order valence-corrected chi connectivity index (χ3v) is 2.75. The number of anilines is 2. The predicted molar refractivity (Wildman–Crippen MR) is 62.8 cm³/mol. The number of pyridine rings is 1. The summed E-state index contributed by atoms with van der Waals surface area (Å²) in [5.41, 5.74) is 7.49. The number of hydrogen-bond donors (Lipinski definition) is 2. The van der Waals surface area contributed by atoms with Crippen LogP contribution in [0.2, 0.25) is 0 Å². The quantitative estimate of drug-likeness (QED) is 0.830. The van der Waals surface area contributed by atoms with Gasteiger partial charge in [-0.05, 0) is 19.1 Å². The average molecular weight is 220 g/mol. The Labute approximate surface area is 92.2 Å². The molecule has 0 saturated heterocycles. The number of hydrogen-bond acceptors (Lipinski definition) is 5. The molecule has 0 saturated carbocycles. The maximum absolute atomic E-state index is 5.49. The van der Waals surface area contributed by atoms with Crippen LogP contribution in [-0.4, -0.2) is 9.97 Å². The third-order valence-electron chi connectivity index (χ3n) is 1.93. The van der Waals surface area contributed by atoms with Crippen LogP contribution in [0.5, 0.6) is 0 Å². The molecule has 2 rings (SSSR count). The largest absolute Gasteiger partial charge is 0.384 e. The van der Waals surface area contributed by atoms with Crippen molar-refractivity contribution in [2.24, 2.45) is 0 Å². The lowest BCUT2D eigenvalue weighted by Crippen LogP contribution is -2.00. The maximum atomic E-state index is 5.49. The summed E-state index contributed by atoms with van der Waals surface area (Å²) >= 11 is 1.66. The molecule has 0 radical (unpaired) electrons. The second-order valence-corrected chi connectivity index (χ2v) is 4.25. The Kier molecular flexibility index (Phi) is 2.82. The van der Waals surface area contributed by atoms with Gasteiger partial charge >= 0.3 is 0 Å². The van der Waals surface area contributed by atoms with Gasteiger partial charge in [-0.2, -0.15) is 0 Å². The Hall–Kier alpha value is -1.62. The Balaban J connectivity index is 1.96. The van der Waals surface area contributed by atoms with Gasteiger partial charge < -0.3 is 11.1 Å². The van der Waals surface area contributed by atoms with E-state index in [1.807, 2.05) is 18.4 Å². The minimum Gasteiger partial charge on any atom is -0.384 e. The fourth-order valence-electron chi connectivity index (χ4n) is 1.19. The number of nitrogens with two attached hydrogens (primary N) is 1. The van der Waals surface area contributed by atoms with E-state index in [2.05, 4.69) is 15.3 Å². The van der Waals surface area contributed by atoms with Crippen molar-refractivity contribution in [3.8, 4) is 0 Å². The minimum absolute atomic E-state index is 0.532. The molecule has 0 atom stereocenters. The molecule has 0 amide bonds. The molecule has 2 aromatic heterocycles. The smallest absolute Gasteiger partial charge is 0.123 e. The lowest BCUT2D eigenvalue weighted by molar-refractivity contribution is 1.05. The van der Waals surface area contributed by atoms with Gasteiger partial charge in [0.1, 0.15) is 5.82 Å². The van der Waals surface area contributed by atoms with E-state index < -0.39 is 0 Å². The van der Waals surface area contributed by atoms with E-state index in [0.29, 0.717) is 5.82 Å². The predicted octanol–water partition coefficient (Wildman–Crippen LogP) is 2.04. The number of nitrogens with one attached hydrogen (secondary N) is 1. The van der Waals surface area contributed by atoms with E-state index >= 15 is 0 Å². The van der Waals surface area contributed by atoms with Crippen molar-refractivity contribution >= 4 is 22.8 Å². The van der Waals surface area contributed by atoms with Crippen LogP contribution < -0.4 is 11.1 Å². The molecule has 5 heteroatoms. The molecule has 0 aliphatic carbocycles. The van der Waals surface area contributed by atoms with Crippen molar-refractivity contribution in [3.05, 3.63) is 34.4 Å². The average Bonchev–Trinajstić information content (AvgIpc) is 2.64. The van der Waals surface area contributed by atoms with Crippen molar-refractivity contribution in [1.29, 1.82) is 0 Å². The zero-order valence-corrected chi connectivity index (χ0v) is 9.21. The number of aromatic nitrogens is 2. The fourth-order valence-corrected chi connectivity index (χ4v) is 1.80. The van der Waals surface area contributed by atoms with Crippen molar-refractivity contribution < 1.29 is 0 Å². The first-order valence-electron chi connectivity index (χ1n) is 4.60. The molecule has 0 aliphatic rings. The summed E-state index contributed by atoms with van der Waals surface area (Å²) in [6.45, 7) is 2.72. The molecule has 0 aromatic carbocycles. The molecule has 0 fully saturated rings. The number of rotatable bonds is 3. The monoisotopic (exact) mass is 220 g/mol. The van der Waals surface area contributed by atoms with Gasteiger partial charge in [0.2, 0.25) is 0 Å². The van der Waals surface area contributed by atoms with Crippen LogP contribution in [0.1, 0.15) is 10.7 Å². The van der Waals surface area contributed by atoms with Gasteiger partial charge in [-0.15, -0.1) is 11.3 Å². The topological polar surface area (TPSA) is 63.8 Å². The SMILES string of the molecule is Cc1nc(CNc2ccc(N)nc2)cs1. The molecule has 15 heavy (non-hydrogen) atoms. The summed E-state index contributed by atoms with van der Waals surface area (Å²) in [6.07, 6.45) is 1.72. The zero-order valence-electron chi connectivity index (χ0n) is 8.40. The van der Waals surface area contributed by atoms with Crippen molar-refractivity contribution in [3.63, 3.8) is 0 Å². The zero-order chi connectivity index (χ0) is 10.7. The van der Waals surface area contributed by atoms with Crippen molar-refractivity contribution in [2.45, 2.75) is 13.5 Å². The number of nitrogens with zero attached hydrogens (tertiary/aromatic N) is 2. The van der Waals surface area contributed by atoms with Crippen molar-refractivity contribution in [1.82, 2.24) is 9.97 Å². The summed E-state index contributed by atoms with van der Waals surface area (Å²) < 4.78 is 0. The van der Waals surface area contributed by atoms with E-state index in [4.69, 9.17) is 5.73 Å².